The Balaban J connectivity index is 2.10. The Labute approximate surface area is 97.7 Å². The standard InChI is InChI=1S/C12H11FN2O2/c13-10-3-1-8(5-7(10)6-14)15-11-4-2-9(11)12(16)17/h1,3,5,9,11,15H,2,4H2,(H,16,17). The van der Waals surface area contributed by atoms with E-state index in [1.54, 1.807) is 6.07 Å². The van der Waals surface area contributed by atoms with Gasteiger partial charge in [-0.3, -0.25) is 4.79 Å². The van der Waals surface area contributed by atoms with Crippen molar-refractivity contribution in [3.63, 3.8) is 0 Å². The van der Waals surface area contributed by atoms with Gasteiger partial charge in [0, 0.05) is 11.7 Å². The zero-order valence-corrected chi connectivity index (χ0v) is 8.98. The molecule has 2 unspecified atom stereocenters. The monoisotopic (exact) mass is 234 g/mol. The third-order valence-electron chi connectivity index (χ3n) is 3.03. The van der Waals surface area contributed by atoms with Gasteiger partial charge in [0.25, 0.3) is 0 Å². The number of carbonyl (C=O) groups is 1. The molecular weight excluding hydrogens is 223 g/mol. The first-order valence-corrected chi connectivity index (χ1v) is 5.31. The predicted molar refractivity (Wildman–Crippen MR) is 58.9 cm³/mol. The Morgan fingerprint density at radius 3 is 2.82 bits per heavy atom. The van der Waals surface area contributed by atoms with Crippen LogP contribution >= 0.6 is 0 Å². The molecule has 1 aliphatic rings. The lowest BCUT2D eigenvalue weighted by Gasteiger charge is -2.34. The fourth-order valence-electron chi connectivity index (χ4n) is 1.88. The number of anilines is 1. The Kier molecular flexibility index (Phi) is 2.96. The summed E-state index contributed by atoms with van der Waals surface area (Å²) in [5.41, 5.74) is 0.542. The molecule has 5 heteroatoms. The summed E-state index contributed by atoms with van der Waals surface area (Å²) in [7, 11) is 0. The van der Waals surface area contributed by atoms with Crippen molar-refractivity contribution >= 4 is 11.7 Å². The summed E-state index contributed by atoms with van der Waals surface area (Å²) in [4.78, 5) is 10.8. The summed E-state index contributed by atoms with van der Waals surface area (Å²) in [6, 6.07) is 5.72. The lowest BCUT2D eigenvalue weighted by molar-refractivity contribution is -0.144. The third kappa shape index (κ3) is 2.21. The Morgan fingerprint density at radius 1 is 1.53 bits per heavy atom. The van der Waals surface area contributed by atoms with Gasteiger partial charge in [0.05, 0.1) is 11.5 Å². The van der Waals surface area contributed by atoms with Crippen LogP contribution in [-0.4, -0.2) is 17.1 Å². The van der Waals surface area contributed by atoms with E-state index in [1.807, 2.05) is 0 Å². The number of hydrogen-bond acceptors (Lipinski definition) is 3. The van der Waals surface area contributed by atoms with Crippen molar-refractivity contribution in [1.29, 1.82) is 5.26 Å². The van der Waals surface area contributed by atoms with Crippen molar-refractivity contribution in [3.05, 3.63) is 29.6 Å². The third-order valence-corrected chi connectivity index (χ3v) is 3.03. The lowest BCUT2D eigenvalue weighted by atomic mass is 9.79. The maximum absolute atomic E-state index is 13.1. The minimum atomic E-state index is -0.823. The van der Waals surface area contributed by atoms with E-state index in [2.05, 4.69) is 5.32 Å². The second-order valence-corrected chi connectivity index (χ2v) is 4.08. The highest BCUT2D eigenvalue weighted by molar-refractivity contribution is 5.73. The van der Waals surface area contributed by atoms with Crippen molar-refractivity contribution in [1.82, 2.24) is 0 Å². The summed E-state index contributed by atoms with van der Waals surface area (Å²) in [6.07, 6.45) is 1.43. The van der Waals surface area contributed by atoms with Crippen molar-refractivity contribution in [2.45, 2.75) is 18.9 Å². The smallest absolute Gasteiger partial charge is 0.308 e. The summed E-state index contributed by atoms with van der Waals surface area (Å²) >= 11 is 0. The van der Waals surface area contributed by atoms with Crippen molar-refractivity contribution in [3.8, 4) is 6.07 Å². The fourth-order valence-corrected chi connectivity index (χ4v) is 1.88. The molecular formula is C12H11FN2O2. The molecule has 0 saturated heterocycles. The predicted octanol–water partition coefficient (Wildman–Crippen LogP) is 1.97. The zero-order chi connectivity index (χ0) is 12.4. The normalized spacial score (nSPS) is 22.4. The molecule has 1 saturated carbocycles. The van der Waals surface area contributed by atoms with Crippen molar-refractivity contribution in [2.24, 2.45) is 5.92 Å². The fraction of sp³-hybridized carbons (Fsp3) is 0.333. The van der Waals surface area contributed by atoms with Crippen LogP contribution in [0.15, 0.2) is 18.2 Å². The number of carboxylic acids is 1. The number of carboxylic acid groups (broad SMARTS) is 1. The molecule has 0 bridgehead atoms. The van der Waals surface area contributed by atoms with Crippen LogP contribution in [0.25, 0.3) is 0 Å². The molecule has 0 amide bonds. The van der Waals surface area contributed by atoms with Crippen molar-refractivity contribution < 1.29 is 14.3 Å². The van der Waals surface area contributed by atoms with Gasteiger partial charge in [-0.15, -0.1) is 0 Å². The number of nitrogens with one attached hydrogen (secondary N) is 1. The second-order valence-electron chi connectivity index (χ2n) is 4.08. The molecule has 0 aliphatic heterocycles. The van der Waals surface area contributed by atoms with Crippen LogP contribution in [0.5, 0.6) is 0 Å². The average molecular weight is 234 g/mol. The van der Waals surface area contributed by atoms with E-state index in [4.69, 9.17) is 10.4 Å². The molecule has 1 aliphatic carbocycles. The quantitative estimate of drug-likeness (QED) is 0.838. The zero-order valence-electron chi connectivity index (χ0n) is 8.98. The molecule has 1 aromatic rings. The maximum Gasteiger partial charge on any atom is 0.308 e. The van der Waals surface area contributed by atoms with Gasteiger partial charge in [-0.25, -0.2) is 4.39 Å². The van der Waals surface area contributed by atoms with Gasteiger partial charge >= 0.3 is 5.97 Å². The van der Waals surface area contributed by atoms with Gasteiger partial charge in [-0.05, 0) is 31.0 Å². The topological polar surface area (TPSA) is 73.1 Å². The summed E-state index contributed by atoms with van der Waals surface area (Å²) in [5, 5.41) is 20.6. The van der Waals surface area contributed by atoms with E-state index in [0.717, 1.165) is 6.42 Å². The Morgan fingerprint density at radius 2 is 2.29 bits per heavy atom. The number of rotatable bonds is 3. The molecule has 17 heavy (non-hydrogen) atoms. The van der Waals surface area contributed by atoms with Crippen LogP contribution in [0.2, 0.25) is 0 Å². The maximum atomic E-state index is 13.1. The van der Waals surface area contributed by atoms with Crippen molar-refractivity contribution in [2.75, 3.05) is 5.32 Å². The summed E-state index contributed by atoms with van der Waals surface area (Å²) < 4.78 is 13.1. The molecule has 2 rings (SSSR count). The number of halogens is 1. The second kappa shape index (κ2) is 4.42. The first kappa shape index (κ1) is 11.4. The van der Waals surface area contributed by atoms with Gasteiger partial charge in [0.15, 0.2) is 0 Å². The number of aliphatic carboxylic acids is 1. The van der Waals surface area contributed by atoms with E-state index in [1.165, 1.54) is 18.2 Å². The number of benzene rings is 1. The SMILES string of the molecule is N#Cc1cc(NC2CCC2C(=O)O)ccc1F. The van der Waals surface area contributed by atoms with Crippen LogP contribution in [0.1, 0.15) is 18.4 Å². The highest BCUT2D eigenvalue weighted by atomic mass is 19.1. The Hall–Kier alpha value is -2.09. The van der Waals surface area contributed by atoms with Crippen LogP contribution in [0, 0.1) is 23.1 Å². The van der Waals surface area contributed by atoms with Crippen LogP contribution < -0.4 is 5.32 Å². The molecule has 1 aromatic carbocycles. The minimum Gasteiger partial charge on any atom is -0.481 e. The average Bonchev–Trinajstić information content (AvgIpc) is 2.25. The van der Waals surface area contributed by atoms with Gasteiger partial charge in [-0.2, -0.15) is 5.26 Å². The van der Waals surface area contributed by atoms with Gasteiger partial charge in [-0.1, -0.05) is 0 Å². The molecule has 0 heterocycles. The first-order chi connectivity index (χ1) is 8.11. The first-order valence-electron chi connectivity index (χ1n) is 5.31. The number of hydrogen-bond donors (Lipinski definition) is 2. The number of nitriles is 1. The highest BCUT2D eigenvalue weighted by Crippen LogP contribution is 2.31. The van der Waals surface area contributed by atoms with E-state index in [0.29, 0.717) is 12.1 Å². The van der Waals surface area contributed by atoms with E-state index >= 15 is 0 Å². The summed E-state index contributed by atoms with van der Waals surface area (Å²) in [6.45, 7) is 0. The largest absolute Gasteiger partial charge is 0.481 e. The molecule has 88 valence electrons. The molecule has 0 spiro atoms. The van der Waals surface area contributed by atoms with Gasteiger partial charge in [0.1, 0.15) is 11.9 Å². The molecule has 2 atom stereocenters. The molecule has 0 aromatic heterocycles. The van der Waals surface area contributed by atoms with Gasteiger partial charge < -0.3 is 10.4 Å². The molecule has 4 nitrogen and oxygen atoms in total. The molecule has 2 N–H and O–H groups in total. The summed E-state index contributed by atoms with van der Waals surface area (Å²) in [5.74, 6) is -1.79. The van der Waals surface area contributed by atoms with E-state index < -0.39 is 17.7 Å². The van der Waals surface area contributed by atoms with Crippen LogP contribution in [0.3, 0.4) is 0 Å². The molecule has 0 radical (unpaired) electrons. The number of nitrogens with zero attached hydrogens (tertiary/aromatic N) is 1. The van der Waals surface area contributed by atoms with E-state index in [-0.39, 0.29) is 11.6 Å². The van der Waals surface area contributed by atoms with Crippen LogP contribution in [0.4, 0.5) is 10.1 Å². The van der Waals surface area contributed by atoms with E-state index in [9.17, 15) is 9.18 Å². The highest BCUT2D eigenvalue weighted by Gasteiger charge is 2.36. The van der Waals surface area contributed by atoms with Gasteiger partial charge in [0.2, 0.25) is 0 Å². The lowest BCUT2D eigenvalue weighted by Crippen LogP contribution is -2.43. The Bertz CT molecular complexity index is 496. The minimum absolute atomic E-state index is 0.0406. The van der Waals surface area contributed by atoms with Crippen LogP contribution in [-0.2, 0) is 4.79 Å². The molecule has 1 fully saturated rings.